The molecule has 2 aliphatic rings. The summed E-state index contributed by atoms with van der Waals surface area (Å²) in [6.45, 7) is 7.58. The van der Waals surface area contributed by atoms with E-state index in [1.54, 1.807) is 12.1 Å². The van der Waals surface area contributed by atoms with E-state index in [9.17, 15) is 9.18 Å². The van der Waals surface area contributed by atoms with Crippen LogP contribution in [0.2, 0.25) is 0 Å². The molecule has 33 heavy (non-hydrogen) atoms. The maximum Gasteiger partial charge on any atom is 0.222 e. The number of aromatic nitrogens is 3. The number of nitrogens with zero attached hydrogens (tertiary/aromatic N) is 5. The van der Waals surface area contributed by atoms with Gasteiger partial charge in [0, 0.05) is 43.5 Å². The molecule has 2 fully saturated rings. The molecule has 174 valence electrons. The fourth-order valence-corrected chi connectivity index (χ4v) is 5.45. The smallest absolute Gasteiger partial charge is 0.222 e. The van der Waals surface area contributed by atoms with E-state index < -0.39 is 0 Å². The van der Waals surface area contributed by atoms with Gasteiger partial charge in [0.05, 0.1) is 11.7 Å². The van der Waals surface area contributed by atoms with E-state index in [1.165, 1.54) is 6.07 Å². The first-order chi connectivity index (χ1) is 16.0. The maximum absolute atomic E-state index is 13.7. The number of carbonyl (C=O) groups excluding carboxylic acids is 1. The van der Waals surface area contributed by atoms with Crippen molar-refractivity contribution >= 4 is 11.6 Å². The topological polar surface area (TPSA) is 53.7 Å². The first kappa shape index (κ1) is 22.0. The standard InChI is InChI=1S/C26H32FN5O/c1-18-22(10-11-26(33)30-12-3-4-13-30)19(2)32-25(28-18)16-23(29-32)24-9-6-14-31(24)17-20-7-5-8-21(27)15-20/h5,7-8,15-16,24H,3-4,6,9-14,17H2,1-2H3/t24-/m1/s1. The van der Waals surface area contributed by atoms with E-state index in [4.69, 9.17) is 10.1 Å². The zero-order valence-electron chi connectivity index (χ0n) is 19.6. The third-order valence-electron chi connectivity index (χ3n) is 7.21. The summed E-state index contributed by atoms with van der Waals surface area (Å²) in [5, 5.41) is 4.95. The van der Waals surface area contributed by atoms with Crippen LogP contribution in [0.25, 0.3) is 5.65 Å². The molecule has 0 N–H and O–H groups in total. The molecule has 0 aliphatic carbocycles. The molecule has 0 bridgehead atoms. The normalized spacial score (nSPS) is 19.1. The van der Waals surface area contributed by atoms with Gasteiger partial charge in [-0.3, -0.25) is 9.69 Å². The van der Waals surface area contributed by atoms with Crippen LogP contribution in [0.3, 0.4) is 0 Å². The number of likely N-dealkylation sites (tertiary alicyclic amines) is 2. The highest BCUT2D eigenvalue weighted by Crippen LogP contribution is 2.33. The van der Waals surface area contributed by atoms with Crippen molar-refractivity contribution in [3.8, 4) is 0 Å². The Labute approximate surface area is 194 Å². The highest BCUT2D eigenvalue weighted by atomic mass is 19.1. The van der Waals surface area contributed by atoms with Crippen LogP contribution in [0.1, 0.15) is 66.4 Å². The van der Waals surface area contributed by atoms with Gasteiger partial charge < -0.3 is 4.90 Å². The Kier molecular flexibility index (Phi) is 6.15. The number of aryl methyl sites for hydroxylation is 2. The number of hydrogen-bond acceptors (Lipinski definition) is 4. The fraction of sp³-hybridized carbons (Fsp3) is 0.500. The molecular weight excluding hydrogens is 417 g/mol. The maximum atomic E-state index is 13.7. The van der Waals surface area contributed by atoms with Crippen molar-refractivity contribution in [3.05, 3.63) is 64.4 Å². The van der Waals surface area contributed by atoms with Gasteiger partial charge in [0.15, 0.2) is 5.65 Å². The second kappa shape index (κ2) is 9.21. The van der Waals surface area contributed by atoms with Crippen molar-refractivity contribution < 1.29 is 9.18 Å². The van der Waals surface area contributed by atoms with Crippen LogP contribution in [0, 0.1) is 19.7 Å². The summed E-state index contributed by atoms with van der Waals surface area (Å²) in [6.07, 6.45) is 5.58. The first-order valence-electron chi connectivity index (χ1n) is 12.1. The molecule has 5 rings (SSSR count). The van der Waals surface area contributed by atoms with Gasteiger partial charge in [0.1, 0.15) is 5.82 Å². The van der Waals surface area contributed by atoms with Crippen molar-refractivity contribution in [1.29, 1.82) is 0 Å². The predicted molar refractivity (Wildman–Crippen MR) is 125 cm³/mol. The van der Waals surface area contributed by atoms with E-state index in [0.29, 0.717) is 19.4 Å². The molecular formula is C26H32FN5O. The summed E-state index contributed by atoms with van der Waals surface area (Å²) in [5.74, 6) is 0.0496. The fourth-order valence-electron chi connectivity index (χ4n) is 5.45. The van der Waals surface area contributed by atoms with Gasteiger partial charge in [0.2, 0.25) is 5.91 Å². The van der Waals surface area contributed by atoms with Crippen LogP contribution in [0.4, 0.5) is 4.39 Å². The number of halogens is 1. The second-order valence-corrected chi connectivity index (χ2v) is 9.45. The van der Waals surface area contributed by atoms with Gasteiger partial charge in [-0.2, -0.15) is 5.10 Å². The Bertz CT molecular complexity index is 1170. The molecule has 2 aliphatic heterocycles. The monoisotopic (exact) mass is 449 g/mol. The Hall–Kier alpha value is -2.80. The largest absolute Gasteiger partial charge is 0.343 e. The molecule has 0 spiro atoms. The van der Waals surface area contributed by atoms with Gasteiger partial charge in [-0.1, -0.05) is 12.1 Å². The molecule has 0 saturated carbocycles. The number of benzene rings is 1. The van der Waals surface area contributed by atoms with Gasteiger partial charge in [-0.15, -0.1) is 0 Å². The zero-order valence-corrected chi connectivity index (χ0v) is 19.6. The summed E-state index contributed by atoms with van der Waals surface area (Å²) in [7, 11) is 0. The molecule has 0 radical (unpaired) electrons. The molecule has 2 saturated heterocycles. The SMILES string of the molecule is Cc1nc2cc([C@H]3CCCN3Cc3cccc(F)c3)nn2c(C)c1CCC(=O)N1CCCC1. The third-order valence-corrected chi connectivity index (χ3v) is 7.21. The average Bonchev–Trinajstić information content (AvgIpc) is 3.54. The van der Waals surface area contributed by atoms with Crippen molar-refractivity contribution in [2.45, 2.75) is 65.0 Å². The van der Waals surface area contributed by atoms with Crippen molar-refractivity contribution in [2.24, 2.45) is 0 Å². The van der Waals surface area contributed by atoms with Gasteiger partial charge in [-0.25, -0.2) is 13.9 Å². The molecule has 1 amide bonds. The lowest BCUT2D eigenvalue weighted by molar-refractivity contribution is -0.130. The lowest BCUT2D eigenvalue weighted by Crippen LogP contribution is -2.28. The third kappa shape index (κ3) is 4.51. The van der Waals surface area contributed by atoms with Crippen molar-refractivity contribution in [3.63, 3.8) is 0 Å². The molecule has 1 atom stereocenters. The first-order valence-corrected chi connectivity index (χ1v) is 12.1. The van der Waals surface area contributed by atoms with Crippen LogP contribution in [0.5, 0.6) is 0 Å². The van der Waals surface area contributed by atoms with Crippen LogP contribution in [-0.2, 0) is 17.8 Å². The molecule has 7 heteroatoms. The summed E-state index contributed by atoms with van der Waals surface area (Å²) >= 11 is 0. The zero-order chi connectivity index (χ0) is 22.9. The Morgan fingerprint density at radius 2 is 1.94 bits per heavy atom. The van der Waals surface area contributed by atoms with Crippen LogP contribution >= 0.6 is 0 Å². The van der Waals surface area contributed by atoms with E-state index in [1.807, 2.05) is 22.4 Å². The lowest BCUT2D eigenvalue weighted by Gasteiger charge is -2.23. The molecule has 3 aromatic rings. The van der Waals surface area contributed by atoms with E-state index in [0.717, 1.165) is 79.2 Å². The quantitative estimate of drug-likeness (QED) is 0.561. The molecule has 6 nitrogen and oxygen atoms in total. The number of amides is 1. The van der Waals surface area contributed by atoms with Crippen LogP contribution in [0.15, 0.2) is 30.3 Å². The number of rotatable bonds is 6. The van der Waals surface area contributed by atoms with E-state index >= 15 is 0 Å². The minimum atomic E-state index is -0.193. The molecule has 2 aromatic heterocycles. The van der Waals surface area contributed by atoms with Crippen molar-refractivity contribution in [1.82, 2.24) is 24.4 Å². The predicted octanol–water partition coefficient (Wildman–Crippen LogP) is 4.38. The molecule has 0 unspecified atom stereocenters. The lowest BCUT2D eigenvalue weighted by atomic mass is 10.1. The Balaban J connectivity index is 1.36. The summed E-state index contributed by atoms with van der Waals surface area (Å²) in [4.78, 5) is 21.7. The summed E-state index contributed by atoms with van der Waals surface area (Å²) < 4.78 is 15.6. The number of hydrogen-bond donors (Lipinski definition) is 0. The highest BCUT2D eigenvalue weighted by molar-refractivity contribution is 5.76. The minimum Gasteiger partial charge on any atom is -0.343 e. The Morgan fingerprint density at radius 3 is 2.73 bits per heavy atom. The van der Waals surface area contributed by atoms with E-state index in [2.05, 4.69) is 17.9 Å². The van der Waals surface area contributed by atoms with Gasteiger partial charge in [-0.05, 0) is 75.8 Å². The summed E-state index contributed by atoms with van der Waals surface area (Å²) in [5.41, 5.74) is 6.02. The second-order valence-electron chi connectivity index (χ2n) is 9.45. The van der Waals surface area contributed by atoms with Crippen molar-refractivity contribution in [2.75, 3.05) is 19.6 Å². The summed E-state index contributed by atoms with van der Waals surface area (Å²) in [6, 6.07) is 9.15. The van der Waals surface area contributed by atoms with E-state index in [-0.39, 0.29) is 17.8 Å². The molecule has 4 heterocycles. The van der Waals surface area contributed by atoms with Gasteiger partial charge in [0.25, 0.3) is 0 Å². The minimum absolute atomic E-state index is 0.193. The number of fused-ring (bicyclic) bond motifs is 1. The average molecular weight is 450 g/mol. The Morgan fingerprint density at radius 1 is 1.12 bits per heavy atom. The highest BCUT2D eigenvalue weighted by Gasteiger charge is 2.29. The molecule has 1 aromatic carbocycles. The van der Waals surface area contributed by atoms with Gasteiger partial charge >= 0.3 is 0 Å². The van der Waals surface area contributed by atoms with Crippen LogP contribution in [-0.4, -0.2) is 49.9 Å². The van der Waals surface area contributed by atoms with Crippen LogP contribution < -0.4 is 0 Å². The number of carbonyl (C=O) groups is 1.